The highest BCUT2D eigenvalue weighted by atomic mass is 16.2. The maximum atomic E-state index is 13.2. The van der Waals surface area contributed by atoms with Gasteiger partial charge in [0.05, 0.1) is 33.5 Å². The van der Waals surface area contributed by atoms with Crippen molar-refractivity contribution in [1.29, 1.82) is 0 Å². The van der Waals surface area contributed by atoms with E-state index in [0.29, 0.717) is 33.5 Å². The summed E-state index contributed by atoms with van der Waals surface area (Å²) in [5.74, 6) is -0.363. The van der Waals surface area contributed by atoms with Crippen LogP contribution in [-0.4, -0.2) is 32.9 Å². The zero-order valence-corrected chi connectivity index (χ0v) is 20.5. The minimum absolute atomic E-state index is 0.182. The molecule has 0 spiro atoms. The first kappa shape index (κ1) is 23.4. The summed E-state index contributed by atoms with van der Waals surface area (Å²) in [7, 11) is 0. The Morgan fingerprint density at radius 3 is 1.32 bits per heavy atom. The van der Waals surface area contributed by atoms with Crippen LogP contribution in [-0.2, 0) is 0 Å². The van der Waals surface area contributed by atoms with E-state index in [1.807, 2.05) is 90.1 Å². The van der Waals surface area contributed by atoms with Gasteiger partial charge < -0.3 is 10.6 Å². The summed E-state index contributed by atoms with van der Waals surface area (Å²) in [6.07, 6.45) is 0. The van der Waals surface area contributed by atoms with Crippen LogP contribution in [0.3, 0.4) is 0 Å². The molecule has 0 saturated carbocycles. The summed E-state index contributed by atoms with van der Waals surface area (Å²) in [5, 5.41) is 7.61. The highest BCUT2D eigenvalue weighted by molar-refractivity contribution is 6.09. The van der Waals surface area contributed by atoms with Gasteiger partial charge in [0.15, 0.2) is 0 Å². The first-order valence-electron chi connectivity index (χ1n) is 11.4. The lowest BCUT2D eigenvalue weighted by molar-refractivity contribution is 0.0911. The van der Waals surface area contributed by atoms with Gasteiger partial charge in [0.2, 0.25) is 0 Å². The van der Waals surface area contributed by atoms with Gasteiger partial charge in [-0.05, 0) is 65.8 Å². The molecule has 6 heteroatoms. The highest BCUT2D eigenvalue weighted by Gasteiger charge is 2.22. The van der Waals surface area contributed by atoms with Crippen molar-refractivity contribution in [3.8, 4) is 11.4 Å². The maximum absolute atomic E-state index is 13.2. The normalized spacial score (nSPS) is 12.1. The second kappa shape index (κ2) is 8.52. The molecule has 6 nitrogen and oxygen atoms in total. The molecular weight excluding hydrogens is 424 g/mol. The fraction of sp³-hybridized carbons (Fsp3) is 0.286. The Labute approximate surface area is 199 Å². The fourth-order valence-electron chi connectivity index (χ4n) is 3.80. The zero-order valence-electron chi connectivity index (χ0n) is 20.5. The minimum atomic E-state index is -0.388. The predicted molar refractivity (Wildman–Crippen MR) is 137 cm³/mol. The lowest BCUT2D eigenvalue weighted by atomic mass is 10.0. The molecule has 174 valence electrons. The van der Waals surface area contributed by atoms with Crippen molar-refractivity contribution in [3.63, 3.8) is 0 Å². The number of para-hydroxylation sites is 2. The molecule has 2 aromatic heterocycles. The Balaban J connectivity index is 1.92. The number of hydrogen-bond donors (Lipinski definition) is 2. The van der Waals surface area contributed by atoms with Crippen LogP contribution in [0.1, 0.15) is 62.3 Å². The van der Waals surface area contributed by atoms with E-state index in [1.165, 1.54) is 0 Å². The molecule has 0 atom stereocenters. The first-order chi connectivity index (χ1) is 15.9. The van der Waals surface area contributed by atoms with Gasteiger partial charge in [-0.2, -0.15) is 0 Å². The van der Waals surface area contributed by atoms with Gasteiger partial charge in [0.1, 0.15) is 0 Å². The van der Waals surface area contributed by atoms with Crippen LogP contribution >= 0.6 is 0 Å². The van der Waals surface area contributed by atoms with Crippen molar-refractivity contribution in [2.45, 2.75) is 52.6 Å². The van der Waals surface area contributed by atoms with Crippen molar-refractivity contribution >= 4 is 33.6 Å². The molecule has 2 amide bonds. The fourth-order valence-corrected chi connectivity index (χ4v) is 3.80. The van der Waals surface area contributed by atoms with Crippen LogP contribution in [0.4, 0.5) is 0 Å². The van der Waals surface area contributed by atoms with Crippen LogP contribution in [0.25, 0.3) is 33.2 Å². The number of aromatic nitrogens is 2. The molecule has 0 aliphatic carbocycles. The first-order valence-corrected chi connectivity index (χ1v) is 11.4. The molecule has 0 radical (unpaired) electrons. The Morgan fingerprint density at radius 1 is 0.618 bits per heavy atom. The molecule has 0 unspecified atom stereocenters. The van der Waals surface area contributed by atoms with Crippen LogP contribution in [0.2, 0.25) is 0 Å². The van der Waals surface area contributed by atoms with Gasteiger partial charge in [-0.15, -0.1) is 0 Å². The van der Waals surface area contributed by atoms with Crippen molar-refractivity contribution in [2.24, 2.45) is 0 Å². The summed E-state index contributed by atoms with van der Waals surface area (Å²) in [5.41, 5.74) is 2.71. The number of amides is 2. The third-order valence-electron chi connectivity index (χ3n) is 5.16. The molecule has 4 aromatic rings. The number of nitrogens with one attached hydrogen (secondary N) is 2. The lowest BCUT2D eigenvalue weighted by Gasteiger charge is -2.22. The van der Waals surface area contributed by atoms with Gasteiger partial charge in [0.25, 0.3) is 11.8 Å². The van der Waals surface area contributed by atoms with E-state index in [2.05, 4.69) is 10.6 Å². The average molecular weight is 455 g/mol. The summed E-state index contributed by atoms with van der Waals surface area (Å²) >= 11 is 0. The number of nitrogens with zero attached hydrogens (tertiary/aromatic N) is 2. The second-order valence-electron chi connectivity index (χ2n) is 10.6. The molecule has 2 heterocycles. The summed E-state index contributed by atoms with van der Waals surface area (Å²) < 4.78 is 0. The third-order valence-corrected chi connectivity index (χ3v) is 5.16. The van der Waals surface area contributed by atoms with Gasteiger partial charge >= 0.3 is 0 Å². The zero-order chi connectivity index (χ0) is 24.7. The van der Waals surface area contributed by atoms with E-state index in [9.17, 15) is 9.59 Å². The van der Waals surface area contributed by atoms with Gasteiger partial charge in [-0.25, -0.2) is 9.97 Å². The molecular formula is C28H30N4O2. The predicted octanol–water partition coefficient (Wildman–Crippen LogP) is 5.51. The molecule has 0 bridgehead atoms. The molecule has 2 aromatic carbocycles. The summed E-state index contributed by atoms with van der Waals surface area (Å²) in [4.78, 5) is 35.9. The average Bonchev–Trinajstić information content (AvgIpc) is 2.75. The highest BCUT2D eigenvalue weighted by Crippen LogP contribution is 2.28. The van der Waals surface area contributed by atoms with Crippen molar-refractivity contribution < 1.29 is 9.59 Å². The Bertz CT molecular complexity index is 1300. The Kier molecular flexibility index (Phi) is 5.86. The van der Waals surface area contributed by atoms with Gasteiger partial charge in [-0.1, -0.05) is 36.4 Å². The molecule has 0 fully saturated rings. The van der Waals surface area contributed by atoms with E-state index < -0.39 is 0 Å². The van der Waals surface area contributed by atoms with Crippen LogP contribution in [0.5, 0.6) is 0 Å². The molecule has 2 N–H and O–H groups in total. The lowest BCUT2D eigenvalue weighted by Crippen LogP contribution is -2.40. The third kappa shape index (κ3) is 5.06. The van der Waals surface area contributed by atoms with Crippen LogP contribution < -0.4 is 10.6 Å². The largest absolute Gasteiger partial charge is 0.347 e. The topological polar surface area (TPSA) is 84.0 Å². The molecule has 34 heavy (non-hydrogen) atoms. The number of pyridine rings is 2. The standard InChI is InChI=1S/C28H30N4O2/c1-27(2,3)31-25(33)19-15-23(29-21-13-9-7-11-17(19)21)24-16-20(26(34)32-28(4,5)6)18-12-8-10-14-22(18)30-24/h7-16H,1-6H3,(H,31,33)(H,32,34). The maximum Gasteiger partial charge on any atom is 0.252 e. The molecule has 0 saturated heterocycles. The van der Waals surface area contributed by atoms with Crippen LogP contribution in [0.15, 0.2) is 60.7 Å². The van der Waals surface area contributed by atoms with Crippen molar-refractivity contribution in [3.05, 3.63) is 71.8 Å². The van der Waals surface area contributed by atoms with E-state index >= 15 is 0 Å². The number of carbonyl (C=O) groups is 2. The quantitative estimate of drug-likeness (QED) is 0.428. The van der Waals surface area contributed by atoms with E-state index in [4.69, 9.17) is 9.97 Å². The molecule has 0 aliphatic heterocycles. The van der Waals surface area contributed by atoms with E-state index in [-0.39, 0.29) is 22.9 Å². The minimum Gasteiger partial charge on any atom is -0.347 e. The van der Waals surface area contributed by atoms with Gasteiger partial charge in [-0.3, -0.25) is 9.59 Å². The molecule has 0 aliphatic rings. The number of hydrogen-bond acceptors (Lipinski definition) is 4. The number of carbonyl (C=O) groups excluding carboxylic acids is 2. The molecule has 4 rings (SSSR count). The SMILES string of the molecule is CC(C)(C)NC(=O)c1cc(-c2cc(C(=O)NC(C)(C)C)c3ccccc3n2)nc2ccccc12. The smallest absolute Gasteiger partial charge is 0.252 e. The number of benzene rings is 2. The van der Waals surface area contributed by atoms with Crippen molar-refractivity contribution in [2.75, 3.05) is 0 Å². The van der Waals surface area contributed by atoms with Gasteiger partial charge in [0, 0.05) is 21.9 Å². The second-order valence-corrected chi connectivity index (χ2v) is 10.6. The van der Waals surface area contributed by atoms with E-state index in [1.54, 1.807) is 12.1 Å². The number of fused-ring (bicyclic) bond motifs is 2. The van der Waals surface area contributed by atoms with E-state index in [0.717, 1.165) is 10.8 Å². The van der Waals surface area contributed by atoms with Crippen molar-refractivity contribution in [1.82, 2.24) is 20.6 Å². The monoisotopic (exact) mass is 454 g/mol. The Hall–Kier alpha value is -3.80. The van der Waals surface area contributed by atoms with Crippen LogP contribution in [0, 0.1) is 0 Å². The summed E-state index contributed by atoms with van der Waals surface area (Å²) in [6.45, 7) is 11.7. The Morgan fingerprint density at radius 2 is 0.971 bits per heavy atom. The summed E-state index contributed by atoms with van der Waals surface area (Å²) in [6, 6.07) is 18.6. The number of rotatable bonds is 3.